The van der Waals surface area contributed by atoms with Gasteiger partial charge in [0.05, 0.1) is 11.8 Å². The van der Waals surface area contributed by atoms with Gasteiger partial charge in [-0.05, 0) is 49.2 Å². The lowest BCUT2D eigenvalue weighted by atomic mass is 10.2. The molecule has 0 spiro atoms. The number of nitrogens with zero attached hydrogens (tertiary/aromatic N) is 3. The highest BCUT2D eigenvalue weighted by molar-refractivity contribution is 7.98. The predicted molar refractivity (Wildman–Crippen MR) is 133 cm³/mol. The van der Waals surface area contributed by atoms with Gasteiger partial charge in [0.25, 0.3) is 0 Å². The van der Waals surface area contributed by atoms with E-state index in [4.69, 9.17) is 0 Å². The number of hydrogen-bond donors (Lipinski definition) is 1. The minimum absolute atomic E-state index is 0.122. The van der Waals surface area contributed by atoms with Crippen molar-refractivity contribution >= 4 is 21.8 Å². The van der Waals surface area contributed by atoms with Crippen molar-refractivity contribution in [3.8, 4) is 5.69 Å². The Balaban J connectivity index is 1.60. The summed E-state index contributed by atoms with van der Waals surface area (Å²) >= 11 is 1.45. The highest BCUT2D eigenvalue weighted by Crippen LogP contribution is 2.28. The van der Waals surface area contributed by atoms with E-state index < -0.39 is 16.1 Å². The average molecular weight is 497 g/mol. The van der Waals surface area contributed by atoms with Crippen LogP contribution in [0.1, 0.15) is 35.5 Å². The first-order valence-electron chi connectivity index (χ1n) is 10.7. The third-order valence-electron chi connectivity index (χ3n) is 5.17. The highest BCUT2D eigenvalue weighted by atomic mass is 32.2. The molecule has 0 saturated carbocycles. The zero-order valence-electron chi connectivity index (χ0n) is 18.8. The standard InChI is InChI=1S/C25H25FN4O2S2/c1-18-8-14-23(15-9-18)30-24(19(2)29-34(31,32)17-21-6-4-3-5-7-21)27-28-25(30)33-16-20-10-12-22(26)13-11-20/h3-15,19,29H,16-17H2,1-2H3. The van der Waals surface area contributed by atoms with E-state index in [2.05, 4.69) is 14.9 Å². The first kappa shape index (κ1) is 24.1. The van der Waals surface area contributed by atoms with Crippen LogP contribution in [0.4, 0.5) is 4.39 Å². The molecule has 4 aromatic rings. The van der Waals surface area contributed by atoms with Crippen molar-refractivity contribution in [1.82, 2.24) is 19.5 Å². The molecule has 34 heavy (non-hydrogen) atoms. The summed E-state index contributed by atoms with van der Waals surface area (Å²) in [5.74, 6) is 0.652. The zero-order valence-corrected chi connectivity index (χ0v) is 20.5. The maximum absolute atomic E-state index is 13.2. The number of thioether (sulfide) groups is 1. The Labute approximate surface area is 203 Å². The van der Waals surface area contributed by atoms with Crippen LogP contribution < -0.4 is 4.72 Å². The molecule has 0 aliphatic heterocycles. The second-order valence-electron chi connectivity index (χ2n) is 8.01. The van der Waals surface area contributed by atoms with Gasteiger partial charge < -0.3 is 0 Å². The Morgan fingerprint density at radius 2 is 1.62 bits per heavy atom. The van der Waals surface area contributed by atoms with E-state index in [0.29, 0.717) is 22.3 Å². The fourth-order valence-corrected chi connectivity index (χ4v) is 5.75. The summed E-state index contributed by atoms with van der Waals surface area (Å²) in [7, 11) is -3.61. The number of aromatic nitrogens is 3. The number of aryl methyl sites for hydroxylation is 1. The second kappa shape index (κ2) is 10.5. The number of halogens is 1. The zero-order chi connectivity index (χ0) is 24.1. The lowest BCUT2D eigenvalue weighted by Gasteiger charge is -2.17. The average Bonchev–Trinajstić information content (AvgIpc) is 3.23. The maximum Gasteiger partial charge on any atom is 0.216 e. The van der Waals surface area contributed by atoms with Gasteiger partial charge in [-0.25, -0.2) is 17.5 Å². The molecule has 176 valence electrons. The van der Waals surface area contributed by atoms with Crippen molar-refractivity contribution in [3.05, 3.63) is 107 Å². The van der Waals surface area contributed by atoms with E-state index in [1.54, 1.807) is 31.2 Å². The first-order valence-corrected chi connectivity index (χ1v) is 13.4. The van der Waals surface area contributed by atoms with Gasteiger partial charge in [0.1, 0.15) is 5.82 Å². The van der Waals surface area contributed by atoms with Crippen LogP contribution in [0, 0.1) is 12.7 Å². The smallest absolute Gasteiger partial charge is 0.216 e. The Bertz CT molecular complexity index is 1340. The van der Waals surface area contributed by atoms with E-state index in [1.165, 1.54) is 23.9 Å². The fraction of sp³-hybridized carbons (Fsp3) is 0.200. The van der Waals surface area contributed by atoms with Crippen LogP contribution in [0.15, 0.2) is 84.0 Å². The molecule has 4 rings (SSSR count). The molecule has 1 atom stereocenters. The minimum atomic E-state index is -3.61. The van der Waals surface area contributed by atoms with Crippen LogP contribution in [0.5, 0.6) is 0 Å². The van der Waals surface area contributed by atoms with E-state index in [9.17, 15) is 12.8 Å². The van der Waals surface area contributed by atoms with E-state index >= 15 is 0 Å². The van der Waals surface area contributed by atoms with Gasteiger partial charge in [-0.3, -0.25) is 4.57 Å². The third kappa shape index (κ3) is 6.11. The van der Waals surface area contributed by atoms with Crippen molar-refractivity contribution in [3.63, 3.8) is 0 Å². The number of rotatable bonds is 9. The molecule has 1 aromatic heterocycles. The van der Waals surface area contributed by atoms with E-state index in [1.807, 2.05) is 54.0 Å². The molecule has 1 unspecified atom stereocenters. The van der Waals surface area contributed by atoms with Crippen LogP contribution in [0.2, 0.25) is 0 Å². The highest BCUT2D eigenvalue weighted by Gasteiger charge is 2.24. The molecule has 1 N–H and O–H groups in total. The lowest BCUT2D eigenvalue weighted by Crippen LogP contribution is -2.29. The van der Waals surface area contributed by atoms with Crippen molar-refractivity contribution in [2.24, 2.45) is 0 Å². The van der Waals surface area contributed by atoms with Gasteiger partial charge in [-0.1, -0.05) is 71.9 Å². The van der Waals surface area contributed by atoms with Crippen LogP contribution >= 0.6 is 11.8 Å². The molecule has 0 radical (unpaired) electrons. The van der Waals surface area contributed by atoms with Crippen LogP contribution in [-0.2, 0) is 21.5 Å². The Morgan fingerprint density at radius 1 is 0.941 bits per heavy atom. The monoisotopic (exact) mass is 496 g/mol. The van der Waals surface area contributed by atoms with Crippen LogP contribution in [-0.4, -0.2) is 23.2 Å². The Hall–Kier alpha value is -3.01. The largest absolute Gasteiger partial charge is 0.273 e. The predicted octanol–water partition coefficient (Wildman–Crippen LogP) is 5.19. The fourth-order valence-electron chi connectivity index (χ4n) is 3.48. The molecule has 0 saturated heterocycles. The van der Waals surface area contributed by atoms with Gasteiger partial charge in [-0.2, -0.15) is 0 Å². The number of sulfonamides is 1. The quantitative estimate of drug-likeness (QED) is 0.323. The minimum Gasteiger partial charge on any atom is -0.273 e. The number of nitrogens with one attached hydrogen (secondary N) is 1. The first-order chi connectivity index (χ1) is 16.3. The molecule has 9 heteroatoms. The normalized spacial score (nSPS) is 12.6. The summed E-state index contributed by atoms with van der Waals surface area (Å²) in [6.45, 7) is 3.76. The Kier molecular flexibility index (Phi) is 7.45. The molecule has 6 nitrogen and oxygen atoms in total. The maximum atomic E-state index is 13.2. The van der Waals surface area contributed by atoms with E-state index in [0.717, 1.165) is 16.8 Å². The lowest BCUT2D eigenvalue weighted by molar-refractivity contribution is 0.555. The Morgan fingerprint density at radius 3 is 2.29 bits per heavy atom. The van der Waals surface area contributed by atoms with Crippen molar-refractivity contribution in [2.75, 3.05) is 0 Å². The van der Waals surface area contributed by atoms with Crippen LogP contribution in [0.3, 0.4) is 0 Å². The molecule has 0 amide bonds. The summed E-state index contributed by atoms with van der Waals surface area (Å²) < 4.78 is 43.5. The summed E-state index contributed by atoms with van der Waals surface area (Å²) in [6.07, 6.45) is 0. The van der Waals surface area contributed by atoms with Gasteiger partial charge in [0.15, 0.2) is 11.0 Å². The summed E-state index contributed by atoms with van der Waals surface area (Å²) in [5, 5.41) is 9.31. The molecule has 0 aliphatic rings. The molecular formula is C25H25FN4O2S2. The summed E-state index contributed by atoms with van der Waals surface area (Å²) in [4.78, 5) is 0. The summed E-state index contributed by atoms with van der Waals surface area (Å²) in [5.41, 5.74) is 3.59. The number of benzene rings is 3. The number of hydrogen-bond acceptors (Lipinski definition) is 5. The molecule has 0 bridgehead atoms. The molecular weight excluding hydrogens is 471 g/mol. The van der Waals surface area contributed by atoms with Crippen molar-refractivity contribution < 1.29 is 12.8 Å². The molecule has 1 heterocycles. The molecule has 3 aromatic carbocycles. The SMILES string of the molecule is Cc1ccc(-n2c(SCc3ccc(F)cc3)nnc2C(C)NS(=O)(=O)Cc2ccccc2)cc1. The van der Waals surface area contributed by atoms with Gasteiger partial charge in [-0.15, -0.1) is 10.2 Å². The van der Waals surface area contributed by atoms with Crippen LogP contribution in [0.25, 0.3) is 5.69 Å². The third-order valence-corrected chi connectivity index (χ3v) is 7.60. The van der Waals surface area contributed by atoms with Gasteiger partial charge in [0.2, 0.25) is 10.0 Å². The topological polar surface area (TPSA) is 76.9 Å². The van der Waals surface area contributed by atoms with Gasteiger partial charge in [0, 0.05) is 11.4 Å². The molecule has 0 aliphatic carbocycles. The summed E-state index contributed by atoms with van der Waals surface area (Å²) in [6, 6.07) is 22.6. The second-order valence-corrected chi connectivity index (χ2v) is 10.7. The van der Waals surface area contributed by atoms with Crippen molar-refractivity contribution in [2.45, 2.75) is 36.6 Å². The van der Waals surface area contributed by atoms with Crippen molar-refractivity contribution in [1.29, 1.82) is 0 Å². The molecule has 0 fully saturated rings. The van der Waals surface area contributed by atoms with Gasteiger partial charge >= 0.3 is 0 Å². The van der Waals surface area contributed by atoms with E-state index in [-0.39, 0.29) is 11.6 Å².